The molecule has 166 valence electrons. The Morgan fingerprint density at radius 1 is 1.16 bits per heavy atom. The number of thiophene rings is 1. The van der Waals surface area contributed by atoms with Crippen molar-refractivity contribution in [1.29, 1.82) is 0 Å². The fourth-order valence-corrected chi connectivity index (χ4v) is 4.37. The summed E-state index contributed by atoms with van der Waals surface area (Å²) in [6.07, 6.45) is 0. The molecule has 8 nitrogen and oxygen atoms in total. The molecule has 1 N–H and O–H groups in total. The highest BCUT2D eigenvalue weighted by atomic mass is 32.1. The van der Waals surface area contributed by atoms with Crippen molar-refractivity contribution < 1.29 is 28.6 Å². The summed E-state index contributed by atoms with van der Waals surface area (Å²) < 4.78 is 16.0. The molecule has 1 aliphatic heterocycles. The molecule has 2 heterocycles. The van der Waals surface area contributed by atoms with Crippen LogP contribution < -0.4 is 10.1 Å². The lowest BCUT2D eigenvalue weighted by Crippen LogP contribution is -2.40. The Kier molecular flexibility index (Phi) is 7.64. The highest BCUT2D eigenvalue weighted by molar-refractivity contribution is 7.18. The second-order valence-corrected chi connectivity index (χ2v) is 8.01. The zero-order chi connectivity index (χ0) is 22.4. The molecule has 0 atom stereocenters. The van der Waals surface area contributed by atoms with Gasteiger partial charge in [0.15, 0.2) is 6.61 Å². The number of carbonyl (C=O) groups is 3. The zero-order valence-corrected chi connectivity index (χ0v) is 18.7. The first-order valence-corrected chi connectivity index (χ1v) is 10.9. The molecular weight excluding hydrogens is 420 g/mol. The van der Waals surface area contributed by atoms with Crippen molar-refractivity contribution in [2.75, 3.05) is 44.8 Å². The number of amides is 2. The van der Waals surface area contributed by atoms with E-state index in [1.807, 2.05) is 25.1 Å². The molecule has 31 heavy (non-hydrogen) atoms. The summed E-state index contributed by atoms with van der Waals surface area (Å²) in [5, 5.41) is 3.00. The third kappa shape index (κ3) is 5.42. The zero-order valence-electron chi connectivity index (χ0n) is 17.9. The number of rotatable bonds is 7. The van der Waals surface area contributed by atoms with Gasteiger partial charge in [-0.3, -0.25) is 9.59 Å². The summed E-state index contributed by atoms with van der Waals surface area (Å²) in [6.45, 7) is 7.15. The van der Waals surface area contributed by atoms with Crippen molar-refractivity contribution in [3.05, 3.63) is 45.8 Å². The molecule has 1 fully saturated rings. The van der Waals surface area contributed by atoms with Crippen LogP contribution in [0.5, 0.6) is 5.75 Å². The Balaban J connectivity index is 1.80. The Morgan fingerprint density at radius 3 is 2.55 bits per heavy atom. The average Bonchev–Trinajstić information content (AvgIpc) is 3.09. The Bertz CT molecular complexity index is 965. The van der Waals surface area contributed by atoms with Gasteiger partial charge in [0.2, 0.25) is 0 Å². The van der Waals surface area contributed by atoms with E-state index in [0.717, 1.165) is 16.9 Å². The number of para-hydroxylation sites is 1. The van der Waals surface area contributed by atoms with Crippen LogP contribution in [-0.4, -0.2) is 62.2 Å². The first-order valence-electron chi connectivity index (χ1n) is 10.1. The molecule has 0 aliphatic carbocycles. The van der Waals surface area contributed by atoms with Crippen LogP contribution in [0.25, 0.3) is 0 Å². The molecule has 1 aromatic carbocycles. The van der Waals surface area contributed by atoms with Gasteiger partial charge < -0.3 is 24.4 Å². The van der Waals surface area contributed by atoms with Gasteiger partial charge in [0.25, 0.3) is 11.8 Å². The molecule has 0 radical (unpaired) electrons. The Labute approximate surface area is 185 Å². The fraction of sp³-hybridized carbons (Fsp3) is 0.409. The van der Waals surface area contributed by atoms with E-state index in [-0.39, 0.29) is 29.7 Å². The highest BCUT2D eigenvalue weighted by Gasteiger charge is 2.29. The number of benzene rings is 1. The number of nitrogens with one attached hydrogen (secondary N) is 1. The summed E-state index contributed by atoms with van der Waals surface area (Å²) in [6, 6.07) is 7.37. The van der Waals surface area contributed by atoms with E-state index in [1.165, 1.54) is 0 Å². The first kappa shape index (κ1) is 22.8. The maximum atomic E-state index is 13.0. The van der Waals surface area contributed by atoms with Gasteiger partial charge in [-0.25, -0.2) is 4.79 Å². The lowest BCUT2D eigenvalue weighted by molar-refractivity contribution is -0.118. The standard InChI is InChI=1S/C22H26N2O6S/c1-4-29-22(27)18-15(3)19(21(26)24-9-11-28-12-10-24)31-20(18)23-17(25)13-30-16-8-6-5-7-14(16)2/h5-8H,4,9-13H2,1-3H3,(H,23,25). The van der Waals surface area contributed by atoms with E-state index in [2.05, 4.69) is 5.32 Å². The van der Waals surface area contributed by atoms with Gasteiger partial charge in [-0.2, -0.15) is 0 Å². The van der Waals surface area contributed by atoms with Crippen LogP contribution in [0.15, 0.2) is 24.3 Å². The molecule has 0 bridgehead atoms. The minimum atomic E-state index is -0.576. The molecular formula is C22H26N2O6S. The number of nitrogens with zero attached hydrogens (tertiary/aromatic N) is 1. The van der Waals surface area contributed by atoms with Gasteiger partial charge >= 0.3 is 5.97 Å². The van der Waals surface area contributed by atoms with Crippen LogP contribution in [0.2, 0.25) is 0 Å². The van der Waals surface area contributed by atoms with Gasteiger partial charge in [-0.15, -0.1) is 11.3 Å². The third-order valence-corrected chi connectivity index (χ3v) is 6.02. The normalized spacial score (nSPS) is 13.6. The molecule has 1 aromatic heterocycles. The van der Waals surface area contributed by atoms with Crippen molar-refractivity contribution in [3.63, 3.8) is 0 Å². The molecule has 9 heteroatoms. The predicted octanol–water partition coefficient (Wildman–Crippen LogP) is 3.03. The van der Waals surface area contributed by atoms with Crippen LogP contribution in [0, 0.1) is 13.8 Å². The molecule has 1 aliphatic rings. The predicted molar refractivity (Wildman–Crippen MR) is 117 cm³/mol. The second-order valence-electron chi connectivity index (χ2n) is 6.99. The van der Waals surface area contributed by atoms with Crippen LogP contribution >= 0.6 is 11.3 Å². The number of morpholine rings is 1. The Morgan fingerprint density at radius 2 is 1.87 bits per heavy atom. The van der Waals surface area contributed by atoms with Crippen LogP contribution in [0.3, 0.4) is 0 Å². The molecule has 0 unspecified atom stereocenters. The number of aryl methyl sites for hydroxylation is 1. The lowest BCUT2D eigenvalue weighted by Gasteiger charge is -2.26. The van der Waals surface area contributed by atoms with E-state index in [0.29, 0.717) is 42.5 Å². The first-order chi connectivity index (χ1) is 14.9. The summed E-state index contributed by atoms with van der Waals surface area (Å²) >= 11 is 1.07. The largest absolute Gasteiger partial charge is 0.483 e. The minimum absolute atomic E-state index is 0.185. The van der Waals surface area contributed by atoms with Crippen molar-refractivity contribution in [2.45, 2.75) is 20.8 Å². The molecule has 0 spiro atoms. The maximum Gasteiger partial charge on any atom is 0.341 e. The van der Waals surface area contributed by atoms with Gasteiger partial charge in [0.1, 0.15) is 10.8 Å². The summed E-state index contributed by atoms with van der Waals surface area (Å²) in [7, 11) is 0. The maximum absolute atomic E-state index is 13.0. The van der Waals surface area contributed by atoms with Crippen LogP contribution in [-0.2, 0) is 14.3 Å². The molecule has 2 amide bonds. The molecule has 1 saturated heterocycles. The van der Waals surface area contributed by atoms with E-state index in [1.54, 1.807) is 24.8 Å². The molecule has 2 aromatic rings. The van der Waals surface area contributed by atoms with Crippen molar-refractivity contribution in [3.8, 4) is 5.75 Å². The fourth-order valence-electron chi connectivity index (χ4n) is 3.19. The van der Waals surface area contributed by atoms with Crippen LogP contribution in [0.1, 0.15) is 38.1 Å². The van der Waals surface area contributed by atoms with Crippen LogP contribution in [0.4, 0.5) is 5.00 Å². The summed E-state index contributed by atoms with van der Waals surface area (Å²) in [5.41, 5.74) is 1.61. The number of ether oxygens (including phenoxy) is 3. The number of hydrogen-bond donors (Lipinski definition) is 1. The number of esters is 1. The van der Waals surface area contributed by atoms with Gasteiger partial charge in [0.05, 0.1) is 30.3 Å². The second kappa shape index (κ2) is 10.4. The molecule has 3 rings (SSSR count). The van der Waals surface area contributed by atoms with E-state index in [9.17, 15) is 14.4 Å². The van der Waals surface area contributed by atoms with E-state index < -0.39 is 11.9 Å². The molecule has 0 saturated carbocycles. The average molecular weight is 447 g/mol. The van der Waals surface area contributed by atoms with E-state index >= 15 is 0 Å². The Hall–Kier alpha value is -2.91. The lowest BCUT2D eigenvalue weighted by atomic mass is 10.1. The number of hydrogen-bond acceptors (Lipinski definition) is 7. The quantitative estimate of drug-likeness (QED) is 0.657. The third-order valence-electron chi connectivity index (χ3n) is 4.82. The topological polar surface area (TPSA) is 94.2 Å². The van der Waals surface area contributed by atoms with Crippen molar-refractivity contribution in [2.24, 2.45) is 0 Å². The van der Waals surface area contributed by atoms with Gasteiger partial charge in [0, 0.05) is 13.1 Å². The minimum Gasteiger partial charge on any atom is -0.483 e. The van der Waals surface area contributed by atoms with Gasteiger partial charge in [-0.05, 0) is 38.0 Å². The number of carbonyl (C=O) groups excluding carboxylic acids is 3. The van der Waals surface area contributed by atoms with Crippen molar-refractivity contribution >= 4 is 34.1 Å². The summed E-state index contributed by atoms with van der Waals surface area (Å²) in [5.74, 6) is -0.588. The van der Waals surface area contributed by atoms with E-state index in [4.69, 9.17) is 14.2 Å². The number of anilines is 1. The highest BCUT2D eigenvalue weighted by Crippen LogP contribution is 2.35. The smallest absolute Gasteiger partial charge is 0.341 e. The SMILES string of the molecule is CCOC(=O)c1c(NC(=O)COc2ccccc2C)sc(C(=O)N2CCOCC2)c1C. The summed E-state index contributed by atoms with van der Waals surface area (Å²) in [4.78, 5) is 40.2. The van der Waals surface area contributed by atoms with Gasteiger partial charge in [-0.1, -0.05) is 18.2 Å². The monoisotopic (exact) mass is 446 g/mol. The van der Waals surface area contributed by atoms with Crippen molar-refractivity contribution in [1.82, 2.24) is 4.90 Å².